The summed E-state index contributed by atoms with van der Waals surface area (Å²) in [5, 5.41) is 12.5. The zero-order valence-electron chi connectivity index (χ0n) is 9.52. The van der Waals surface area contributed by atoms with Crippen LogP contribution in [0.15, 0.2) is 6.33 Å². The molecule has 5 nitrogen and oxygen atoms in total. The maximum Gasteiger partial charge on any atom is 0.167 e. The minimum absolute atomic E-state index is 0.871. The molecule has 0 saturated heterocycles. The fourth-order valence-corrected chi connectivity index (χ4v) is 1.78. The number of nitrogens with zero attached hydrogens (tertiary/aromatic N) is 5. The molecule has 0 radical (unpaired) electrons. The van der Waals surface area contributed by atoms with Gasteiger partial charge in [0.15, 0.2) is 5.82 Å². The van der Waals surface area contributed by atoms with Gasteiger partial charge in [-0.05, 0) is 20.8 Å². The maximum atomic E-state index is 4.38. The van der Waals surface area contributed by atoms with Crippen LogP contribution in [-0.4, -0.2) is 24.5 Å². The topological polar surface area (TPSA) is 48.5 Å². The molecule has 0 saturated carbocycles. The van der Waals surface area contributed by atoms with Gasteiger partial charge >= 0.3 is 0 Å². The smallest absolute Gasteiger partial charge is 0.167 e. The third-order valence-corrected chi connectivity index (χ3v) is 2.69. The van der Waals surface area contributed by atoms with Crippen LogP contribution in [-0.2, 0) is 13.6 Å². The molecule has 0 spiro atoms. The third kappa shape index (κ3) is 1.44. The second-order valence-corrected chi connectivity index (χ2v) is 3.61. The monoisotopic (exact) mass is 205 g/mol. The Balaban J connectivity index is 2.63. The summed E-state index contributed by atoms with van der Waals surface area (Å²) < 4.78 is 3.90. The standard InChI is InChI=1S/C10H15N5/c1-5-15-6-11-12-10(15)9-7(2)13-14(4)8(9)3/h6H,5H2,1-4H3. The fraction of sp³-hybridized carbons (Fsp3) is 0.500. The Labute approximate surface area is 88.7 Å². The molecule has 0 bridgehead atoms. The molecular formula is C10H15N5. The first kappa shape index (κ1) is 9.89. The van der Waals surface area contributed by atoms with Gasteiger partial charge in [-0.3, -0.25) is 4.68 Å². The molecule has 5 heteroatoms. The number of aromatic nitrogens is 5. The zero-order valence-corrected chi connectivity index (χ0v) is 9.52. The van der Waals surface area contributed by atoms with E-state index in [0.717, 1.165) is 29.3 Å². The van der Waals surface area contributed by atoms with E-state index in [1.807, 2.05) is 30.1 Å². The maximum absolute atomic E-state index is 4.38. The molecule has 0 N–H and O–H groups in total. The highest BCUT2D eigenvalue weighted by Gasteiger charge is 2.16. The molecule has 0 aliphatic rings. The van der Waals surface area contributed by atoms with E-state index in [1.54, 1.807) is 6.33 Å². The Morgan fingerprint density at radius 3 is 2.60 bits per heavy atom. The van der Waals surface area contributed by atoms with Gasteiger partial charge in [-0.25, -0.2) is 0 Å². The first-order valence-corrected chi connectivity index (χ1v) is 5.03. The van der Waals surface area contributed by atoms with Gasteiger partial charge in [0.1, 0.15) is 6.33 Å². The summed E-state index contributed by atoms with van der Waals surface area (Å²) in [7, 11) is 1.94. The van der Waals surface area contributed by atoms with Crippen molar-refractivity contribution in [3.8, 4) is 11.4 Å². The SMILES string of the molecule is CCn1cnnc1-c1c(C)nn(C)c1C. The van der Waals surface area contributed by atoms with E-state index in [1.165, 1.54) is 0 Å². The largest absolute Gasteiger partial charge is 0.314 e. The van der Waals surface area contributed by atoms with Gasteiger partial charge in [0, 0.05) is 19.3 Å². The lowest BCUT2D eigenvalue weighted by molar-refractivity contribution is 0.730. The van der Waals surface area contributed by atoms with E-state index >= 15 is 0 Å². The Morgan fingerprint density at radius 1 is 1.33 bits per heavy atom. The predicted molar refractivity (Wildman–Crippen MR) is 57.4 cm³/mol. The molecule has 0 atom stereocenters. The van der Waals surface area contributed by atoms with Gasteiger partial charge in [0.05, 0.1) is 11.3 Å². The van der Waals surface area contributed by atoms with Crippen LogP contribution in [0.5, 0.6) is 0 Å². The minimum Gasteiger partial charge on any atom is -0.314 e. The summed E-state index contributed by atoms with van der Waals surface area (Å²) in [6, 6.07) is 0. The average Bonchev–Trinajstić information content (AvgIpc) is 2.73. The molecule has 0 fully saturated rings. The lowest BCUT2D eigenvalue weighted by atomic mass is 10.2. The second kappa shape index (κ2) is 3.49. The highest BCUT2D eigenvalue weighted by molar-refractivity contribution is 5.61. The molecule has 15 heavy (non-hydrogen) atoms. The number of hydrogen-bond acceptors (Lipinski definition) is 3. The lowest BCUT2D eigenvalue weighted by Crippen LogP contribution is -1.98. The quantitative estimate of drug-likeness (QED) is 0.742. The number of aryl methyl sites for hydroxylation is 3. The number of hydrogen-bond donors (Lipinski definition) is 0. The molecule has 2 rings (SSSR count). The van der Waals surface area contributed by atoms with Crippen molar-refractivity contribution in [2.45, 2.75) is 27.3 Å². The van der Waals surface area contributed by atoms with Gasteiger partial charge in [0.2, 0.25) is 0 Å². The molecule has 0 amide bonds. The van der Waals surface area contributed by atoms with Gasteiger partial charge in [-0.1, -0.05) is 0 Å². The molecule has 0 aliphatic heterocycles. The minimum atomic E-state index is 0.871. The molecule has 0 aliphatic carbocycles. The summed E-state index contributed by atoms with van der Waals surface area (Å²) in [4.78, 5) is 0. The van der Waals surface area contributed by atoms with Gasteiger partial charge in [-0.2, -0.15) is 5.10 Å². The molecule has 0 unspecified atom stereocenters. The van der Waals surface area contributed by atoms with Crippen LogP contribution in [0.25, 0.3) is 11.4 Å². The van der Waals surface area contributed by atoms with E-state index in [9.17, 15) is 0 Å². The van der Waals surface area contributed by atoms with Crippen LogP contribution in [0.2, 0.25) is 0 Å². The normalized spacial score (nSPS) is 10.9. The second-order valence-electron chi connectivity index (χ2n) is 3.61. The Bertz CT molecular complexity index is 480. The summed E-state index contributed by atoms with van der Waals surface area (Å²) in [6.45, 7) is 6.99. The van der Waals surface area contributed by atoms with Crippen molar-refractivity contribution < 1.29 is 0 Å². The predicted octanol–water partition coefficient (Wildman–Crippen LogP) is 1.32. The highest BCUT2D eigenvalue weighted by Crippen LogP contribution is 2.24. The molecule has 2 aromatic heterocycles. The third-order valence-electron chi connectivity index (χ3n) is 2.69. The molecule has 80 valence electrons. The van der Waals surface area contributed by atoms with E-state index in [4.69, 9.17) is 0 Å². The Morgan fingerprint density at radius 2 is 2.07 bits per heavy atom. The fourth-order valence-electron chi connectivity index (χ4n) is 1.78. The van der Waals surface area contributed by atoms with E-state index in [2.05, 4.69) is 22.2 Å². The summed E-state index contributed by atoms with van der Waals surface area (Å²) in [5.74, 6) is 0.903. The summed E-state index contributed by atoms with van der Waals surface area (Å²) >= 11 is 0. The van der Waals surface area contributed by atoms with Crippen LogP contribution < -0.4 is 0 Å². The molecule has 2 heterocycles. The van der Waals surface area contributed by atoms with E-state index < -0.39 is 0 Å². The average molecular weight is 205 g/mol. The van der Waals surface area contributed by atoms with Crippen molar-refractivity contribution in [2.75, 3.05) is 0 Å². The highest BCUT2D eigenvalue weighted by atomic mass is 15.3. The molecular weight excluding hydrogens is 190 g/mol. The van der Waals surface area contributed by atoms with Gasteiger partial charge < -0.3 is 4.57 Å². The lowest BCUT2D eigenvalue weighted by Gasteiger charge is -2.03. The molecule has 2 aromatic rings. The van der Waals surface area contributed by atoms with E-state index in [-0.39, 0.29) is 0 Å². The zero-order chi connectivity index (χ0) is 11.0. The van der Waals surface area contributed by atoms with Gasteiger partial charge in [0.25, 0.3) is 0 Å². The van der Waals surface area contributed by atoms with Crippen LogP contribution in [0.4, 0.5) is 0 Å². The summed E-state index contributed by atoms with van der Waals surface area (Å²) in [5.41, 5.74) is 3.21. The van der Waals surface area contributed by atoms with Crippen molar-refractivity contribution >= 4 is 0 Å². The van der Waals surface area contributed by atoms with Crippen molar-refractivity contribution in [3.63, 3.8) is 0 Å². The number of rotatable bonds is 2. The van der Waals surface area contributed by atoms with Crippen LogP contribution in [0, 0.1) is 13.8 Å². The Kier molecular flexibility index (Phi) is 2.30. The summed E-state index contributed by atoms with van der Waals surface area (Å²) in [6.07, 6.45) is 1.75. The van der Waals surface area contributed by atoms with Gasteiger partial charge in [-0.15, -0.1) is 10.2 Å². The van der Waals surface area contributed by atoms with E-state index in [0.29, 0.717) is 0 Å². The first-order chi connectivity index (χ1) is 7.15. The first-order valence-electron chi connectivity index (χ1n) is 5.03. The Hall–Kier alpha value is -1.65. The van der Waals surface area contributed by atoms with Crippen molar-refractivity contribution in [1.82, 2.24) is 24.5 Å². The van der Waals surface area contributed by atoms with Crippen molar-refractivity contribution in [2.24, 2.45) is 7.05 Å². The molecule has 0 aromatic carbocycles. The van der Waals surface area contributed by atoms with Crippen molar-refractivity contribution in [3.05, 3.63) is 17.7 Å². The van der Waals surface area contributed by atoms with Crippen LogP contribution in [0.1, 0.15) is 18.3 Å². The van der Waals surface area contributed by atoms with Crippen molar-refractivity contribution in [1.29, 1.82) is 0 Å². The van der Waals surface area contributed by atoms with Crippen LogP contribution in [0.3, 0.4) is 0 Å². The van der Waals surface area contributed by atoms with Crippen LogP contribution >= 0.6 is 0 Å².